The van der Waals surface area contributed by atoms with Crippen LogP contribution in [-0.2, 0) is 11.3 Å². The van der Waals surface area contributed by atoms with Crippen LogP contribution < -0.4 is 5.32 Å². The summed E-state index contributed by atoms with van der Waals surface area (Å²) < 4.78 is 18.6. The lowest BCUT2D eigenvalue weighted by Crippen LogP contribution is -2.23. The van der Waals surface area contributed by atoms with Crippen molar-refractivity contribution in [1.82, 2.24) is 10.2 Å². The molecule has 0 heterocycles. The summed E-state index contributed by atoms with van der Waals surface area (Å²) in [5, 5.41) is 11.9. The van der Waals surface area contributed by atoms with Crippen LogP contribution >= 0.6 is 0 Å². The Morgan fingerprint density at radius 3 is 2.79 bits per heavy atom. The number of hydrogen-bond acceptors (Lipinski definition) is 4. The fourth-order valence-corrected chi connectivity index (χ4v) is 1.54. The Morgan fingerprint density at radius 2 is 2.11 bits per heavy atom. The highest BCUT2D eigenvalue weighted by atomic mass is 19.1. The number of benzene rings is 1. The van der Waals surface area contributed by atoms with Gasteiger partial charge in [0, 0.05) is 19.6 Å². The van der Waals surface area contributed by atoms with Gasteiger partial charge in [-0.3, -0.25) is 0 Å². The topological polar surface area (TPSA) is 48.3 Å². The molecule has 1 aromatic carbocycles. The standard InChI is InChI=1S/C14H20FN3O/c1-18(2)4-6-19-5-3-17-11-13-7-12(10-16)8-14(15)9-13/h7-9,17H,3-6,11H2,1-2H3. The minimum atomic E-state index is -0.377. The van der Waals surface area contributed by atoms with Gasteiger partial charge in [-0.15, -0.1) is 0 Å². The fourth-order valence-electron chi connectivity index (χ4n) is 1.54. The number of likely N-dealkylation sites (N-methyl/N-ethyl adjacent to an activating group) is 1. The van der Waals surface area contributed by atoms with E-state index >= 15 is 0 Å². The lowest BCUT2D eigenvalue weighted by atomic mass is 10.1. The van der Waals surface area contributed by atoms with Gasteiger partial charge in [0.15, 0.2) is 0 Å². The third-order valence-electron chi connectivity index (χ3n) is 2.52. The lowest BCUT2D eigenvalue weighted by Gasteiger charge is -2.10. The minimum Gasteiger partial charge on any atom is -0.379 e. The van der Waals surface area contributed by atoms with Gasteiger partial charge in [0.05, 0.1) is 24.8 Å². The van der Waals surface area contributed by atoms with Crippen LogP contribution in [0.25, 0.3) is 0 Å². The molecule has 19 heavy (non-hydrogen) atoms. The van der Waals surface area contributed by atoms with Crippen molar-refractivity contribution in [2.75, 3.05) is 40.4 Å². The fraction of sp³-hybridized carbons (Fsp3) is 0.500. The number of rotatable bonds is 8. The van der Waals surface area contributed by atoms with Crippen molar-refractivity contribution in [2.45, 2.75) is 6.54 Å². The van der Waals surface area contributed by atoms with E-state index in [9.17, 15) is 4.39 Å². The third kappa shape index (κ3) is 6.87. The summed E-state index contributed by atoms with van der Waals surface area (Å²) in [6.45, 7) is 3.45. The summed E-state index contributed by atoms with van der Waals surface area (Å²) >= 11 is 0. The van der Waals surface area contributed by atoms with Crippen LogP contribution in [0.4, 0.5) is 4.39 Å². The summed E-state index contributed by atoms with van der Waals surface area (Å²) in [5.41, 5.74) is 1.11. The first-order chi connectivity index (χ1) is 9.11. The molecule has 0 amide bonds. The van der Waals surface area contributed by atoms with E-state index in [1.54, 1.807) is 6.07 Å². The van der Waals surface area contributed by atoms with E-state index in [1.807, 2.05) is 20.2 Å². The third-order valence-corrected chi connectivity index (χ3v) is 2.52. The van der Waals surface area contributed by atoms with E-state index in [-0.39, 0.29) is 5.82 Å². The average molecular weight is 265 g/mol. The molecule has 0 bridgehead atoms. The van der Waals surface area contributed by atoms with Crippen molar-refractivity contribution in [2.24, 2.45) is 0 Å². The van der Waals surface area contributed by atoms with Crippen LogP contribution in [0, 0.1) is 17.1 Å². The van der Waals surface area contributed by atoms with Gasteiger partial charge < -0.3 is 15.0 Å². The van der Waals surface area contributed by atoms with Gasteiger partial charge in [-0.05, 0) is 37.9 Å². The second-order valence-corrected chi connectivity index (χ2v) is 4.55. The number of halogens is 1. The maximum Gasteiger partial charge on any atom is 0.124 e. The summed E-state index contributed by atoms with van der Waals surface area (Å²) in [6.07, 6.45) is 0. The van der Waals surface area contributed by atoms with Gasteiger partial charge in [0.1, 0.15) is 5.82 Å². The smallest absolute Gasteiger partial charge is 0.124 e. The molecule has 0 aromatic heterocycles. The molecular formula is C14H20FN3O. The molecule has 0 aliphatic rings. The normalized spacial score (nSPS) is 10.7. The first-order valence-electron chi connectivity index (χ1n) is 6.24. The highest BCUT2D eigenvalue weighted by Crippen LogP contribution is 2.08. The molecule has 0 saturated carbocycles. The Labute approximate surface area is 113 Å². The van der Waals surface area contributed by atoms with Gasteiger partial charge in [-0.2, -0.15) is 5.26 Å². The predicted molar refractivity (Wildman–Crippen MR) is 72.2 cm³/mol. The highest BCUT2D eigenvalue weighted by molar-refractivity contribution is 5.33. The molecule has 0 aliphatic heterocycles. The van der Waals surface area contributed by atoms with Crippen molar-refractivity contribution in [3.63, 3.8) is 0 Å². The van der Waals surface area contributed by atoms with Crippen LogP contribution in [0.15, 0.2) is 18.2 Å². The van der Waals surface area contributed by atoms with Gasteiger partial charge in [-0.25, -0.2) is 4.39 Å². The van der Waals surface area contributed by atoms with Crippen molar-refractivity contribution < 1.29 is 9.13 Å². The number of hydrogen-bond donors (Lipinski definition) is 1. The summed E-state index contributed by atoms with van der Waals surface area (Å²) in [6, 6.07) is 6.28. The van der Waals surface area contributed by atoms with Crippen LogP contribution in [0.3, 0.4) is 0 Å². The first kappa shape index (κ1) is 15.6. The maximum absolute atomic E-state index is 13.2. The Hall–Kier alpha value is -1.48. The van der Waals surface area contributed by atoms with Crippen molar-refractivity contribution in [3.05, 3.63) is 35.1 Å². The zero-order valence-electron chi connectivity index (χ0n) is 11.4. The zero-order chi connectivity index (χ0) is 14.1. The molecule has 0 atom stereocenters. The molecule has 1 rings (SSSR count). The molecule has 0 spiro atoms. The maximum atomic E-state index is 13.2. The Balaban J connectivity index is 2.19. The predicted octanol–water partition coefficient (Wildman–Crippen LogP) is 1.37. The van der Waals surface area contributed by atoms with E-state index < -0.39 is 0 Å². The molecule has 0 fully saturated rings. The molecule has 5 heteroatoms. The molecule has 4 nitrogen and oxygen atoms in total. The number of nitrogens with zero attached hydrogens (tertiary/aromatic N) is 2. The Bertz CT molecular complexity index is 429. The number of nitriles is 1. The largest absolute Gasteiger partial charge is 0.379 e. The zero-order valence-corrected chi connectivity index (χ0v) is 11.4. The molecule has 0 unspecified atom stereocenters. The average Bonchev–Trinajstić information content (AvgIpc) is 2.36. The van der Waals surface area contributed by atoms with Crippen LogP contribution in [0.5, 0.6) is 0 Å². The quantitative estimate of drug-likeness (QED) is 0.721. The second-order valence-electron chi connectivity index (χ2n) is 4.55. The van der Waals surface area contributed by atoms with Gasteiger partial charge in [-0.1, -0.05) is 0 Å². The van der Waals surface area contributed by atoms with Gasteiger partial charge in [0.25, 0.3) is 0 Å². The van der Waals surface area contributed by atoms with Crippen molar-refractivity contribution in [3.8, 4) is 6.07 Å². The van der Waals surface area contributed by atoms with E-state index in [0.717, 1.165) is 12.1 Å². The van der Waals surface area contributed by atoms with Crippen LogP contribution in [-0.4, -0.2) is 45.3 Å². The first-order valence-corrected chi connectivity index (χ1v) is 6.24. The Kier molecular flexibility index (Phi) is 7.04. The number of ether oxygens (including phenoxy) is 1. The van der Waals surface area contributed by atoms with E-state index in [1.165, 1.54) is 12.1 Å². The van der Waals surface area contributed by atoms with Crippen molar-refractivity contribution >= 4 is 0 Å². The summed E-state index contributed by atoms with van der Waals surface area (Å²) in [7, 11) is 4.00. The molecule has 0 radical (unpaired) electrons. The van der Waals surface area contributed by atoms with Gasteiger partial charge in [0.2, 0.25) is 0 Å². The monoisotopic (exact) mass is 265 g/mol. The van der Waals surface area contributed by atoms with Crippen molar-refractivity contribution in [1.29, 1.82) is 5.26 Å². The highest BCUT2D eigenvalue weighted by Gasteiger charge is 2.00. The molecular weight excluding hydrogens is 245 g/mol. The minimum absolute atomic E-state index is 0.346. The molecule has 104 valence electrons. The van der Waals surface area contributed by atoms with Crippen LogP contribution in [0.1, 0.15) is 11.1 Å². The van der Waals surface area contributed by atoms with E-state index in [4.69, 9.17) is 10.00 Å². The molecule has 0 saturated heterocycles. The lowest BCUT2D eigenvalue weighted by molar-refractivity contribution is 0.119. The molecule has 0 aliphatic carbocycles. The summed E-state index contributed by atoms with van der Waals surface area (Å²) in [5.74, 6) is -0.377. The van der Waals surface area contributed by atoms with Gasteiger partial charge >= 0.3 is 0 Å². The Morgan fingerprint density at radius 1 is 1.32 bits per heavy atom. The van der Waals surface area contributed by atoms with E-state index in [2.05, 4.69) is 10.2 Å². The molecule has 1 aromatic rings. The van der Waals surface area contributed by atoms with E-state index in [0.29, 0.717) is 31.9 Å². The SMILES string of the molecule is CN(C)CCOCCNCc1cc(F)cc(C#N)c1. The van der Waals surface area contributed by atoms with Crippen LogP contribution in [0.2, 0.25) is 0 Å². The summed E-state index contributed by atoms with van der Waals surface area (Å²) in [4.78, 5) is 2.06. The second kappa shape index (κ2) is 8.59. The molecule has 1 N–H and O–H groups in total. The number of nitrogens with one attached hydrogen (secondary N) is 1.